The van der Waals surface area contributed by atoms with Crippen LogP contribution in [0.4, 0.5) is 0 Å². The molecule has 0 aliphatic carbocycles. The number of hydrogen-bond acceptors (Lipinski definition) is 4. The fourth-order valence-electron chi connectivity index (χ4n) is 1.68. The Hall–Kier alpha value is -1.89. The highest BCUT2D eigenvalue weighted by molar-refractivity contribution is 7.07. The Labute approximate surface area is 101 Å². The first-order valence-corrected chi connectivity index (χ1v) is 5.77. The van der Waals surface area contributed by atoms with Crippen LogP contribution in [0, 0.1) is 6.92 Å². The van der Waals surface area contributed by atoms with Gasteiger partial charge in [-0.2, -0.15) is 5.10 Å². The van der Waals surface area contributed by atoms with Crippen molar-refractivity contribution in [3.05, 3.63) is 26.9 Å². The lowest BCUT2D eigenvalue weighted by atomic mass is 10.2. The Bertz CT molecular complexity index is 623. The second-order valence-electron chi connectivity index (χ2n) is 3.67. The standard InChI is InChI=1S/C10H11N3O3S/c1-6-7(3-12(2)11-6)8-5-17-10(16)13(8)4-9(14)15/h3,5H,4H2,1-2H3,(H,14,15). The van der Waals surface area contributed by atoms with Gasteiger partial charge in [-0.3, -0.25) is 18.8 Å². The molecule has 2 aromatic heterocycles. The molecule has 0 saturated carbocycles. The van der Waals surface area contributed by atoms with Crippen molar-refractivity contribution in [3.63, 3.8) is 0 Å². The number of carboxylic acid groups (broad SMARTS) is 1. The second-order valence-corrected chi connectivity index (χ2v) is 4.49. The van der Waals surface area contributed by atoms with Crippen LogP contribution >= 0.6 is 11.3 Å². The Morgan fingerprint density at radius 2 is 2.29 bits per heavy atom. The quantitative estimate of drug-likeness (QED) is 0.873. The van der Waals surface area contributed by atoms with Crippen LogP contribution in [0.1, 0.15) is 5.69 Å². The van der Waals surface area contributed by atoms with Crippen LogP contribution in [-0.2, 0) is 18.4 Å². The van der Waals surface area contributed by atoms with Crippen LogP contribution in [0.25, 0.3) is 11.3 Å². The van der Waals surface area contributed by atoms with Gasteiger partial charge >= 0.3 is 10.8 Å². The zero-order chi connectivity index (χ0) is 12.6. The van der Waals surface area contributed by atoms with Crippen LogP contribution in [0.5, 0.6) is 0 Å². The highest BCUT2D eigenvalue weighted by Crippen LogP contribution is 2.22. The number of aliphatic carboxylic acids is 1. The lowest BCUT2D eigenvalue weighted by Crippen LogP contribution is -2.19. The fraction of sp³-hybridized carbons (Fsp3) is 0.300. The predicted octanol–water partition coefficient (Wildman–Crippen LogP) is 0.703. The van der Waals surface area contributed by atoms with Gasteiger partial charge in [0.15, 0.2) is 0 Å². The van der Waals surface area contributed by atoms with Crippen molar-refractivity contribution >= 4 is 17.3 Å². The van der Waals surface area contributed by atoms with E-state index in [1.54, 1.807) is 23.3 Å². The van der Waals surface area contributed by atoms with E-state index >= 15 is 0 Å². The Morgan fingerprint density at radius 1 is 1.59 bits per heavy atom. The molecule has 0 atom stereocenters. The van der Waals surface area contributed by atoms with Gasteiger partial charge in [0, 0.05) is 24.2 Å². The minimum atomic E-state index is -1.03. The highest BCUT2D eigenvalue weighted by Gasteiger charge is 2.15. The molecule has 17 heavy (non-hydrogen) atoms. The molecule has 0 radical (unpaired) electrons. The van der Waals surface area contributed by atoms with E-state index in [-0.39, 0.29) is 11.4 Å². The minimum Gasteiger partial charge on any atom is -0.480 e. The highest BCUT2D eigenvalue weighted by atomic mass is 32.1. The smallest absolute Gasteiger partial charge is 0.323 e. The molecular weight excluding hydrogens is 242 g/mol. The number of thiazole rings is 1. The van der Waals surface area contributed by atoms with E-state index in [9.17, 15) is 9.59 Å². The van der Waals surface area contributed by atoms with E-state index in [0.29, 0.717) is 5.69 Å². The molecule has 0 aromatic carbocycles. The molecule has 0 aliphatic rings. The second kappa shape index (κ2) is 4.17. The summed E-state index contributed by atoms with van der Waals surface area (Å²) in [6.45, 7) is 1.49. The molecule has 0 amide bonds. The molecule has 0 bridgehead atoms. The number of carboxylic acids is 1. The molecule has 2 rings (SSSR count). The summed E-state index contributed by atoms with van der Waals surface area (Å²) >= 11 is 0.993. The van der Waals surface area contributed by atoms with Crippen molar-refractivity contribution in [1.82, 2.24) is 14.3 Å². The Kier molecular flexibility index (Phi) is 2.84. The summed E-state index contributed by atoms with van der Waals surface area (Å²) in [5.41, 5.74) is 2.16. The van der Waals surface area contributed by atoms with E-state index in [1.165, 1.54) is 4.57 Å². The number of rotatable bonds is 3. The van der Waals surface area contributed by atoms with Gasteiger partial charge in [0.25, 0.3) is 0 Å². The van der Waals surface area contributed by atoms with Gasteiger partial charge in [-0.25, -0.2) is 0 Å². The summed E-state index contributed by atoms with van der Waals surface area (Å²) in [6, 6.07) is 0. The molecule has 0 unspecified atom stereocenters. The average molecular weight is 253 g/mol. The van der Waals surface area contributed by atoms with Crippen LogP contribution in [0.3, 0.4) is 0 Å². The third-order valence-electron chi connectivity index (χ3n) is 2.37. The summed E-state index contributed by atoms with van der Waals surface area (Å²) in [6.07, 6.45) is 1.77. The van der Waals surface area contributed by atoms with Crippen molar-refractivity contribution < 1.29 is 9.90 Å². The van der Waals surface area contributed by atoms with Crippen molar-refractivity contribution in [3.8, 4) is 11.3 Å². The van der Waals surface area contributed by atoms with Crippen molar-refractivity contribution in [2.75, 3.05) is 0 Å². The van der Waals surface area contributed by atoms with Crippen LogP contribution in [-0.4, -0.2) is 25.4 Å². The largest absolute Gasteiger partial charge is 0.480 e. The van der Waals surface area contributed by atoms with Gasteiger partial charge in [-0.15, -0.1) is 0 Å². The molecule has 0 fully saturated rings. The van der Waals surface area contributed by atoms with Crippen LogP contribution in [0.2, 0.25) is 0 Å². The van der Waals surface area contributed by atoms with Gasteiger partial charge in [0.1, 0.15) is 6.54 Å². The maximum Gasteiger partial charge on any atom is 0.323 e. The lowest BCUT2D eigenvalue weighted by Gasteiger charge is -2.02. The fourth-order valence-corrected chi connectivity index (χ4v) is 2.43. The average Bonchev–Trinajstić information content (AvgIpc) is 2.71. The zero-order valence-electron chi connectivity index (χ0n) is 9.38. The first-order valence-electron chi connectivity index (χ1n) is 4.90. The maximum absolute atomic E-state index is 11.6. The van der Waals surface area contributed by atoms with Crippen molar-refractivity contribution in [1.29, 1.82) is 0 Å². The lowest BCUT2D eigenvalue weighted by molar-refractivity contribution is -0.137. The molecule has 7 heteroatoms. The molecular formula is C10H11N3O3S. The minimum absolute atomic E-state index is 0.273. The summed E-state index contributed by atoms with van der Waals surface area (Å²) in [4.78, 5) is 22.0. The summed E-state index contributed by atoms with van der Waals surface area (Å²) in [5.74, 6) is -1.03. The normalized spacial score (nSPS) is 10.7. The third kappa shape index (κ3) is 2.14. The topological polar surface area (TPSA) is 77.1 Å². The zero-order valence-corrected chi connectivity index (χ0v) is 10.2. The monoisotopic (exact) mass is 253 g/mol. The maximum atomic E-state index is 11.6. The first-order chi connectivity index (χ1) is 7.99. The van der Waals surface area contributed by atoms with Gasteiger partial charge in [0.05, 0.1) is 11.4 Å². The summed E-state index contributed by atoms with van der Waals surface area (Å²) < 4.78 is 2.88. The van der Waals surface area contributed by atoms with Gasteiger partial charge in [0.2, 0.25) is 0 Å². The van der Waals surface area contributed by atoms with Crippen LogP contribution < -0.4 is 4.87 Å². The molecule has 0 aliphatic heterocycles. The Morgan fingerprint density at radius 3 is 2.82 bits per heavy atom. The molecule has 0 spiro atoms. The van der Waals surface area contributed by atoms with Gasteiger partial charge < -0.3 is 5.11 Å². The van der Waals surface area contributed by atoms with E-state index in [1.807, 2.05) is 6.92 Å². The molecule has 1 N–H and O–H groups in total. The third-order valence-corrected chi connectivity index (χ3v) is 3.13. The predicted molar refractivity (Wildman–Crippen MR) is 63.2 cm³/mol. The van der Waals surface area contributed by atoms with Crippen molar-refractivity contribution in [2.45, 2.75) is 13.5 Å². The molecule has 2 aromatic rings. The summed E-state index contributed by atoms with van der Waals surface area (Å²) in [7, 11) is 1.78. The number of hydrogen-bond donors (Lipinski definition) is 1. The van der Waals surface area contributed by atoms with E-state index in [0.717, 1.165) is 22.6 Å². The Balaban J connectivity index is 2.56. The number of aromatic nitrogens is 3. The SMILES string of the molecule is Cc1nn(C)cc1-c1csc(=O)n1CC(=O)O. The molecule has 6 nitrogen and oxygen atoms in total. The van der Waals surface area contributed by atoms with E-state index in [2.05, 4.69) is 5.10 Å². The number of aryl methyl sites for hydroxylation is 2. The van der Waals surface area contributed by atoms with Crippen molar-refractivity contribution in [2.24, 2.45) is 7.05 Å². The molecule has 0 saturated heterocycles. The van der Waals surface area contributed by atoms with Crippen LogP contribution in [0.15, 0.2) is 16.4 Å². The van der Waals surface area contributed by atoms with Gasteiger partial charge in [-0.05, 0) is 6.92 Å². The van der Waals surface area contributed by atoms with Gasteiger partial charge in [-0.1, -0.05) is 11.3 Å². The molecule has 2 heterocycles. The molecule has 90 valence electrons. The number of carbonyl (C=O) groups is 1. The summed E-state index contributed by atoms with van der Waals surface area (Å²) in [5, 5.41) is 14.6. The first kappa shape index (κ1) is 11.6. The number of nitrogens with zero attached hydrogens (tertiary/aromatic N) is 3. The van der Waals surface area contributed by atoms with E-state index < -0.39 is 5.97 Å². The van der Waals surface area contributed by atoms with E-state index in [4.69, 9.17) is 5.11 Å².